The number of hydrogen-bond acceptors (Lipinski definition) is 4. The summed E-state index contributed by atoms with van der Waals surface area (Å²) in [4.78, 5) is 0. The monoisotopic (exact) mass is 300 g/mol. The second kappa shape index (κ2) is 6.56. The van der Waals surface area contributed by atoms with E-state index < -0.39 is 16.1 Å². The van der Waals surface area contributed by atoms with Gasteiger partial charge in [-0.2, -0.15) is 0 Å². The molecule has 0 heterocycles. The van der Waals surface area contributed by atoms with Gasteiger partial charge in [0.2, 0.25) is 10.0 Å². The molecule has 114 valence electrons. The number of aliphatic hydroxyl groups is 1. The minimum absolute atomic E-state index is 0.0363. The lowest BCUT2D eigenvalue weighted by atomic mass is 9.89. The van der Waals surface area contributed by atoms with Gasteiger partial charge in [-0.05, 0) is 29.5 Å². The maximum Gasteiger partial charge on any atom is 0.215 e. The number of nitrogens with one attached hydrogen (secondary N) is 1. The Hall–Kier alpha value is -1.11. The molecule has 0 aromatic heterocycles. The zero-order valence-corrected chi connectivity index (χ0v) is 13.1. The molecule has 5 nitrogen and oxygen atoms in total. The zero-order chi connectivity index (χ0) is 15.4. The van der Waals surface area contributed by atoms with Crippen LogP contribution in [0.4, 0.5) is 5.69 Å². The van der Waals surface area contributed by atoms with Crippen molar-refractivity contribution in [3.05, 3.63) is 29.8 Å². The molecule has 0 aliphatic rings. The minimum atomic E-state index is -3.45. The van der Waals surface area contributed by atoms with E-state index in [1.165, 1.54) is 0 Å². The van der Waals surface area contributed by atoms with Crippen molar-refractivity contribution in [2.45, 2.75) is 39.0 Å². The second-order valence-corrected chi connectivity index (χ2v) is 8.07. The molecule has 0 saturated heterocycles. The summed E-state index contributed by atoms with van der Waals surface area (Å²) in [5.74, 6) is -0.116. The summed E-state index contributed by atoms with van der Waals surface area (Å²) >= 11 is 0. The number of nitrogens with two attached hydrogens (primary N) is 1. The van der Waals surface area contributed by atoms with Gasteiger partial charge < -0.3 is 10.8 Å². The minimum Gasteiger partial charge on any atom is -0.399 e. The summed E-state index contributed by atoms with van der Waals surface area (Å²) in [6.45, 7) is 6.03. The molecule has 0 saturated carbocycles. The van der Waals surface area contributed by atoms with Crippen LogP contribution in [0.2, 0.25) is 0 Å². The molecule has 0 fully saturated rings. The summed E-state index contributed by atoms with van der Waals surface area (Å²) in [6, 6.07) is 6.69. The molecule has 0 aliphatic carbocycles. The molecule has 4 N–H and O–H groups in total. The number of hydrogen-bond donors (Lipinski definition) is 3. The lowest BCUT2D eigenvalue weighted by Gasteiger charge is -2.22. The Morgan fingerprint density at radius 3 is 2.30 bits per heavy atom. The van der Waals surface area contributed by atoms with Crippen molar-refractivity contribution in [1.29, 1.82) is 0 Å². The quantitative estimate of drug-likeness (QED) is 0.694. The smallest absolute Gasteiger partial charge is 0.215 e. The molecule has 0 amide bonds. The Labute approximate surface area is 121 Å². The first-order valence-corrected chi connectivity index (χ1v) is 8.22. The average molecular weight is 300 g/mol. The third kappa shape index (κ3) is 6.88. The molecular weight excluding hydrogens is 276 g/mol. The summed E-state index contributed by atoms with van der Waals surface area (Å²) in [5.41, 5.74) is 6.77. The van der Waals surface area contributed by atoms with Crippen molar-refractivity contribution >= 4 is 15.7 Å². The molecule has 1 rings (SSSR count). The van der Waals surface area contributed by atoms with E-state index in [1.54, 1.807) is 24.3 Å². The topological polar surface area (TPSA) is 92.4 Å². The van der Waals surface area contributed by atoms with Gasteiger partial charge in [-0.25, -0.2) is 13.1 Å². The average Bonchev–Trinajstić information content (AvgIpc) is 2.27. The molecule has 1 unspecified atom stereocenters. The zero-order valence-electron chi connectivity index (χ0n) is 12.3. The first-order valence-electron chi connectivity index (χ1n) is 6.57. The van der Waals surface area contributed by atoms with Crippen LogP contribution in [-0.2, 0) is 15.8 Å². The summed E-state index contributed by atoms with van der Waals surface area (Å²) in [7, 11) is -3.45. The summed E-state index contributed by atoms with van der Waals surface area (Å²) in [6.07, 6.45) is -0.145. The fourth-order valence-electron chi connectivity index (χ4n) is 1.89. The molecule has 0 aliphatic heterocycles. The van der Waals surface area contributed by atoms with Gasteiger partial charge in [0.1, 0.15) is 0 Å². The number of nitrogen functional groups attached to an aromatic ring is 1. The van der Waals surface area contributed by atoms with Crippen molar-refractivity contribution in [3.8, 4) is 0 Å². The maximum absolute atomic E-state index is 11.9. The van der Waals surface area contributed by atoms with Crippen LogP contribution in [0, 0.1) is 5.41 Å². The van der Waals surface area contributed by atoms with Gasteiger partial charge in [0.15, 0.2) is 0 Å². The number of aliphatic hydroxyl groups excluding tert-OH is 1. The van der Waals surface area contributed by atoms with Gasteiger partial charge >= 0.3 is 0 Å². The Kier molecular flexibility index (Phi) is 5.56. The van der Waals surface area contributed by atoms with Crippen molar-refractivity contribution in [3.63, 3.8) is 0 Å². The number of sulfonamides is 1. The van der Waals surface area contributed by atoms with E-state index >= 15 is 0 Å². The van der Waals surface area contributed by atoms with Gasteiger partial charge in [0.05, 0.1) is 11.9 Å². The van der Waals surface area contributed by atoms with Crippen LogP contribution < -0.4 is 10.5 Å². The molecule has 1 aromatic carbocycles. The Balaban J connectivity index is 2.52. The van der Waals surface area contributed by atoms with E-state index in [4.69, 9.17) is 5.73 Å². The van der Waals surface area contributed by atoms with Crippen LogP contribution in [0.1, 0.15) is 32.8 Å². The highest BCUT2D eigenvalue weighted by molar-refractivity contribution is 7.88. The first kappa shape index (κ1) is 16.9. The molecule has 0 radical (unpaired) electrons. The van der Waals surface area contributed by atoms with Gasteiger partial charge in [-0.1, -0.05) is 32.9 Å². The number of benzene rings is 1. The van der Waals surface area contributed by atoms with E-state index in [2.05, 4.69) is 4.72 Å². The van der Waals surface area contributed by atoms with Gasteiger partial charge in [-0.3, -0.25) is 0 Å². The Morgan fingerprint density at radius 1 is 1.25 bits per heavy atom. The summed E-state index contributed by atoms with van der Waals surface area (Å²) < 4.78 is 26.2. The fourth-order valence-corrected chi connectivity index (χ4v) is 3.07. The van der Waals surface area contributed by atoms with Gasteiger partial charge in [-0.15, -0.1) is 0 Å². The van der Waals surface area contributed by atoms with E-state index in [0.29, 0.717) is 17.7 Å². The largest absolute Gasteiger partial charge is 0.399 e. The van der Waals surface area contributed by atoms with Crippen LogP contribution >= 0.6 is 0 Å². The van der Waals surface area contributed by atoms with E-state index in [1.807, 2.05) is 20.8 Å². The number of anilines is 1. The summed E-state index contributed by atoms with van der Waals surface area (Å²) in [5, 5.41) is 9.81. The predicted octanol–water partition coefficient (Wildman–Crippen LogP) is 1.49. The van der Waals surface area contributed by atoms with E-state index in [-0.39, 0.29) is 17.7 Å². The number of rotatable bonds is 6. The molecule has 0 bridgehead atoms. The van der Waals surface area contributed by atoms with Crippen molar-refractivity contribution < 1.29 is 13.5 Å². The van der Waals surface area contributed by atoms with E-state index in [9.17, 15) is 13.5 Å². The van der Waals surface area contributed by atoms with Crippen LogP contribution in [0.5, 0.6) is 0 Å². The molecule has 6 heteroatoms. The molecule has 1 aromatic rings. The molecular formula is C14H24N2O3S. The van der Waals surface area contributed by atoms with Crippen LogP contribution in [0.25, 0.3) is 0 Å². The fraction of sp³-hybridized carbons (Fsp3) is 0.571. The van der Waals surface area contributed by atoms with E-state index in [0.717, 1.165) is 0 Å². The van der Waals surface area contributed by atoms with Gasteiger partial charge in [0.25, 0.3) is 0 Å². The highest BCUT2D eigenvalue weighted by Gasteiger charge is 2.19. The van der Waals surface area contributed by atoms with Crippen LogP contribution in [0.3, 0.4) is 0 Å². The normalized spacial score (nSPS) is 14.2. The lowest BCUT2D eigenvalue weighted by molar-refractivity contribution is 0.125. The maximum atomic E-state index is 11.9. The first-order chi connectivity index (χ1) is 9.07. The third-order valence-corrected chi connectivity index (χ3v) is 4.04. The Morgan fingerprint density at radius 2 is 1.80 bits per heavy atom. The lowest BCUT2D eigenvalue weighted by Crippen LogP contribution is -2.34. The second-order valence-electron chi connectivity index (χ2n) is 6.27. The Bertz CT molecular complexity index is 518. The van der Waals surface area contributed by atoms with Crippen LogP contribution in [-0.4, -0.2) is 26.2 Å². The predicted molar refractivity (Wildman–Crippen MR) is 81.6 cm³/mol. The SMILES string of the molecule is CC(C)(C)CC(O)CNS(=O)(=O)Cc1ccc(N)cc1. The highest BCUT2D eigenvalue weighted by atomic mass is 32.2. The molecule has 20 heavy (non-hydrogen) atoms. The highest BCUT2D eigenvalue weighted by Crippen LogP contribution is 2.20. The molecule has 1 atom stereocenters. The van der Waals surface area contributed by atoms with Crippen molar-refractivity contribution in [2.24, 2.45) is 5.41 Å². The standard InChI is InChI=1S/C14H24N2O3S/c1-14(2,3)8-13(17)9-16-20(18,19)10-11-4-6-12(15)7-5-11/h4-7,13,16-17H,8-10,15H2,1-3H3. The van der Waals surface area contributed by atoms with Gasteiger partial charge in [0, 0.05) is 12.2 Å². The van der Waals surface area contributed by atoms with Crippen molar-refractivity contribution in [1.82, 2.24) is 4.72 Å². The van der Waals surface area contributed by atoms with Crippen molar-refractivity contribution in [2.75, 3.05) is 12.3 Å². The molecule has 0 spiro atoms. The van der Waals surface area contributed by atoms with Crippen LogP contribution in [0.15, 0.2) is 24.3 Å². The third-order valence-electron chi connectivity index (χ3n) is 2.72.